The van der Waals surface area contributed by atoms with Crippen LogP contribution in [0.3, 0.4) is 0 Å². The summed E-state index contributed by atoms with van der Waals surface area (Å²) in [6.07, 6.45) is 11.8. The normalized spacial score (nSPS) is 22.1. The number of rotatable bonds is 4. The highest BCUT2D eigenvalue weighted by molar-refractivity contribution is 6.40. The van der Waals surface area contributed by atoms with Gasteiger partial charge >= 0.3 is 17.8 Å². The lowest BCUT2D eigenvalue weighted by molar-refractivity contribution is -0.136. The molecule has 37 heavy (non-hydrogen) atoms. The second-order valence-corrected chi connectivity index (χ2v) is 10.5. The molecule has 192 valence electrons. The number of urea groups is 1. The molecule has 2 aliphatic heterocycles. The second-order valence-electron chi connectivity index (χ2n) is 10.5. The number of H-pyrrole nitrogens is 1. The number of amides is 4. The van der Waals surface area contributed by atoms with Crippen LogP contribution in [-0.4, -0.2) is 80.1 Å². The molecule has 0 bridgehead atoms. The summed E-state index contributed by atoms with van der Waals surface area (Å²) in [5.41, 5.74) is 1.43. The molecule has 3 fully saturated rings. The lowest BCUT2D eigenvalue weighted by atomic mass is 9.93. The van der Waals surface area contributed by atoms with Crippen molar-refractivity contribution >= 4 is 45.6 Å². The van der Waals surface area contributed by atoms with Crippen molar-refractivity contribution in [3.63, 3.8) is 0 Å². The van der Waals surface area contributed by atoms with E-state index in [2.05, 4.69) is 38.5 Å². The molecule has 0 unspecified atom stereocenters. The molecule has 11 heteroatoms. The van der Waals surface area contributed by atoms with Crippen LogP contribution in [-0.2, 0) is 9.59 Å². The fourth-order valence-electron chi connectivity index (χ4n) is 5.28. The summed E-state index contributed by atoms with van der Waals surface area (Å²) in [6, 6.07) is 1.81. The van der Waals surface area contributed by atoms with Crippen LogP contribution in [0.1, 0.15) is 32.2 Å². The Kier molecular flexibility index (Phi) is 5.74. The molecule has 0 spiro atoms. The van der Waals surface area contributed by atoms with E-state index in [0.29, 0.717) is 55.5 Å². The van der Waals surface area contributed by atoms with Gasteiger partial charge in [0.05, 0.1) is 22.9 Å². The Morgan fingerprint density at radius 3 is 2.68 bits per heavy atom. The molecule has 11 nitrogen and oxygen atoms in total. The number of likely N-dealkylation sites (tertiary alicyclic amines) is 2. The summed E-state index contributed by atoms with van der Waals surface area (Å²) in [7, 11) is 0. The molecule has 5 heterocycles. The molecular weight excluding hydrogens is 472 g/mol. The first-order valence-corrected chi connectivity index (χ1v) is 12.9. The van der Waals surface area contributed by atoms with E-state index in [1.807, 2.05) is 15.6 Å². The number of carbonyl (C=O) groups excluding carboxylic acids is 3. The summed E-state index contributed by atoms with van der Waals surface area (Å²) < 4.78 is 2.00. The summed E-state index contributed by atoms with van der Waals surface area (Å²) in [4.78, 5) is 50.7. The van der Waals surface area contributed by atoms with Crippen molar-refractivity contribution in [1.82, 2.24) is 34.9 Å². The van der Waals surface area contributed by atoms with Gasteiger partial charge in [-0.1, -0.05) is 12.8 Å². The van der Waals surface area contributed by atoms with Gasteiger partial charge in [-0.3, -0.25) is 19.4 Å². The molecule has 2 saturated heterocycles. The van der Waals surface area contributed by atoms with E-state index in [4.69, 9.17) is 6.42 Å². The molecule has 3 aromatic rings. The number of piperidine rings is 1. The van der Waals surface area contributed by atoms with Gasteiger partial charge in [-0.15, -0.1) is 6.42 Å². The molecule has 1 aliphatic carbocycles. The van der Waals surface area contributed by atoms with Gasteiger partial charge in [-0.25, -0.2) is 14.8 Å². The van der Waals surface area contributed by atoms with E-state index in [0.717, 1.165) is 30.2 Å². The van der Waals surface area contributed by atoms with Gasteiger partial charge < -0.3 is 20.4 Å². The van der Waals surface area contributed by atoms with Gasteiger partial charge in [-0.05, 0) is 37.2 Å². The van der Waals surface area contributed by atoms with Crippen molar-refractivity contribution in [2.24, 2.45) is 17.8 Å². The molecule has 6 rings (SSSR count). The highest BCUT2D eigenvalue weighted by Gasteiger charge is 2.37. The molecule has 0 aromatic carbocycles. The standard InChI is InChI=1S/C26H30N8O3/c1-3-16-12-33(13-16)26(37)32-9-7-15(2)20(14-32)34-21-18-6-8-27-22(18)28-11-19(21)23(31-34)30-25(36)24(35)29-10-17-4-5-17/h1,6,8,11,15-17,20,31H,4-5,7,9-10,12-14H2,2H3,(H,29,35)(H,30,36)/t15-,20+/m1/s1. The first kappa shape index (κ1) is 23.3. The molecule has 1 saturated carbocycles. The fraction of sp³-hybridized carbons (Fsp3) is 0.500. The third-order valence-corrected chi connectivity index (χ3v) is 7.85. The molecule has 3 N–H and O–H groups in total. The smallest absolute Gasteiger partial charge is 0.320 e. The van der Waals surface area contributed by atoms with E-state index in [9.17, 15) is 14.4 Å². The zero-order chi connectivity index (χ0) is 25.7. The third kappa shape index (κ3) is 4.26. The summed E-state index contributed by atoms with van der Waals surface area (Å²) in [5, 5.41) is 10.3. The number of hydrogen-bond donors (Lipinski definition) is 3. The van der Waals surface area contributed by atoms with Crippen LogP contribution in [0.4, 0.5) is 10.6 Å². The van der Waals surface area contributed by atoms with Gasteiger partial charge in [0.1, 0.15) is 5.82 Å². The molecule has 4 amide bonds. The SMILES string of the molecule is C#CC1CN(C(=O)N2CC[C@@H](C)[C@@H](n3[nH]c(NC(=O)C(=O)NCC4CC4)c4cnc5nccc5c43)C2)C1. The van der Waals surface area contributed by atoms with Gasteiger partial charge in [0.2, 0.25) is 0 Å². The number of nitrogens with zero attached hydrogens (tertiary/aromatic N) is 5. The molecule has 2 atom stereocenters. The largest absolute Gasteiger partial charge is 0.348 e. The Morgan fingerprint density at radius 1 is 1.11 bits per heavy atom. The van der Waals surface area contributed by atoms with E-state index in [1.165, 1.54) is 0 Å². The minimum absolute atomic E-state index is 0.00233. The molecular formula is C26H30N8O3. The number of carbonyl (C=O) groups is 3. The highest BCUT2D eigenvalue weighted by atomic mass is 16.2. The van der Waals surface area contributed by atoms with Crippen molar-refractivity contribution in [3.05, 3.63) is 18.5 Å². The number of hydrogen-bond acceptors (Lipinski definition) is 5. The number of terminal acetylenes is 1. The number of anilines is 1. The molecule has 3 aromatic heterocycles. The maximum absolute atomic E-state index is 13.1. The van der Waals surface area contributed by atoms with Crippen molar-refractivity contribution in [3.8, 4) is 12.3 Å². The summed E-state index contributed by atoms with van der Waals surface area (Å²) in [5.74, 6) is 2.57. The number of aromatic amines is 1. The van der Waals surface area contributed by atoms with Crippen LogP contribution in [0.25, 0.3) is 21.9 Å². The van der Waals surface area contributed by atoms with Crippen molar-refractivity contribution in [2.75, 3.05) is 38.0 Å². The van der Waals surface area contributed by atoms with Gasteiger partial charge in [-0.2, -0.15) is 0 Å². The Morgan fingerprint density at radius 2 is 1.92 bits per heavy atom. The van der Waals surface area contributed by atoms with Crippen molar-refractivity contribution < 1.29 is 14.4 Å². The van der Waals surface area contributed by atoms with E-state index < -0.39 is 11.8 Å². The van der Waals surface area contributed by atoms with E-state index in [-0.39, 0.29) is 23.9 Å². The van der Waals surface area contributed by atoms with E-state index >= 15 is 0 Å². The van der Waals surface area contributed by atoms with Crippen LogP contribution >= 0.6 is 0 Å². The van der Waals surface area contributed by atoms with E-state index in [1.54, 1.807) is 17.3 Å². The zero-order valence-electron chi connectivity index (χ0n) is 20.7. The monoisotopic (exact) mass is 502 g/mol. The van der Waals surface area contributed by atoms with Crippen molar-refractivity contribution in [2.45, 2.75) is 32.2 Å². The molecule has 0 radical (unpaired) electrons. The molecule has 3 aliphatic rings. The van der Waals surface area contributed by atoms with Gasteiger partial charge in [0.15, 0.2) is 5.65 Å². The number of aromatic nitrogens is 4. The summed E-state index contributed by atoms with van der Waals surface area (Å²) in [6.45, 7) is 5.04. The zero-order valence-corrected chi connectivity index (χ0v) is 20.7. The lowest BCUT2D eigenvalue weighted by Gasteiger charge is -2.44. The van der Waals surface area contributed by atoms with Crippen LogP contribution in [0.2, 0.25) is 0 Å². The van der Waals surface area contributed by atoms with Crippen LogP contribution in [0.5, 0.6) is 0 Å². The fourth-order valence-corrected chi connectivity index (χ4v) is 5.28. The summed E-state index contributed by atoms with van der Waals surface area (Å²) >= 11 is 0. The Bertz CT molecular complexity index is 1420. The van der Waals surface area contributed by atoms with Gasteiger partial charge in [0.25, 0.3) is 0 Å². The maximum atomic E-state index is 13.1. The lowest BCUT2D eigenvalue weighted by Crippen LogP contribution is -2.57. The Hall–Kier alpha value is -4.07. The third-order valence-electron chi connectivity index (χ3n) is 7.85. The van der Waals surface area contributed by atoms with Crippen LogP contribution in [0, 0.1) is 30.1 Å². The predicted octanol–water partition coefficient (Wildman–Crippen LogP) is 1.95. The minimum Gasteiger partial charge on any atom is -0.348 e. The van der Waals surface area contributed by atoms with Gasteiger partial charge in [0, 0.05) is 50.5 Å². The van der Waals surface area contributed by atoms with Crippen molar-refractivity contribution in [1.29, 1.82) is 0 Å². The van der Waals surface area contributed by atoms with Crippen LogP contribution in [0.15, 0.2) is 18.5 Å². The number of pyridine rings is 1. The minimum atomic E-state index is -0.731. The average molecular weight is 503 g/mol. The first-order chi connectivity index (χ1) is 17.9. The Balaban J connectivity index is 1.30. The number of nitrogens with one attached hydrogen (secondary N) is 3. The highest BCUT2D eigenvalue weighted by Crippen LogP contribution is 2.36. The maximum Gasteiger partial charge on any atom is 0.320 e. The topological polar surface area (TPSA) is 128 Å². The predicted molar refractivity (Wildman–Crippen MR) is 137 cm³/mol. The quantitative estimate of drug-likeness (QED) is 0.371. The van der Waals surface area contributed by atoms with Crippen LogP contribution < -0.4 is 10.6 Å². The first-order valence-electron chi connectivity index (χ1n) is 12.9. The average Bonchev–Trinajstić information content (AvgIpc) is 3.45. The second kappa shape index (κ2) is 9.10. The Labute approximate surface area is 213 Å². The number of fused-ring (bicyclic) bond motifs is 3.